The van der Waals surface area contributed by atoms with Gasteiger partial charge in [-0.25, -0.2) is 4.39 Å². The van der Waals surface area contributed by atoms with Gasteiger partial charge in [-0.3, -0.25) is 0 Å². The maximum Gasteiger partial charge on any atom is 0.140 e. The number of benzene rings is 1. The molecule has 2 rings (SSSR count). The molecule has 0 aliphatic rings. The minimum absolute atomic E-state index is 0.269. The van der Waals surface area contributed by atoms with Crippen LogP contribution in [0, 0.1) is 19.7 Å². The second-order valence-corrected chi connectivity index (χ2v) is 4.00. The third-order valence-electron chi connectivity index (χ3n) is 2.75. The Labute approximate surface area is 104 Å². The highest BCUT2D eigenvalue weighted by molar-refractivity contribution is 5.34. The van der Waals surface area contributed by atoms with Gasteiger partial charge in [0.25, 0.3) is 0 Å². The number of aliphatic hydroxyl groups excluding tert-OH is 1. The molecule has 1 heterocycles. The fourth-order valence-corrected chi connectivity index (χ4v) is 1.67. The average molecular weight is 251 g/mol. The summed E-state index contributed by atoms with van der Waals surface area (Å²) in [6.45, 7) is 3.64. The van der Waals surface area contributed by atoms with Crippen molar-refractivity contribution in [2.24, 2.45) is 0 Å². The van der Waals surface area contributed by atoms with E-state index in [2.05, 4.69) is 5.16 Å². The quantitative estimate of drug-likeness (QED) is 0.907. The Morgan fingerprint density at radius 2 is 2.17 bits per heavy atom. The molecule has 1 aromatic carbocycles. The Kier molecular flexibility index (Phi) is 3.62. The second-order valence-electron chi connectivity index (χ2n) is 4.00. The van der Waals surface area contributed by atoms with E-state index >= 15 is 0 Å². The summed E-state index contributed by atoms with van der Waals surface area (Å²) < 4.78 is 23.6. The van der Waals surface area contributed by atoms with Gasteiger partial charge in [0.1, 0.15) is 23.9 Å². The first kappa shape index (κ1) is 12.6. The van der Waals surface area contributed by atoms with Crippen LogP contribution in [0.2, 0.25) is 0 Å². The summed E-state index contributed by atoms with van der Waals surface area (Å²) >= 11 is 0. The van der Waals surface area contributed by atoms with Gasteiger partial charge in [0.15, 0.2) is 0 Å². The SMILES string of the molecule is Cc1noc(C)c1COc1ccc(F)cc1CO. The van der Waals surface area contributed by atoms with Crippen LogP contribution in [0.15, 0.2) is 22.7 Å². The normalized spacial score (nSPS) is 10.7. The van der Waals surface area contributed by atoms with Gasteiger partial charge in [-0.1, -0.05) is 5.16 Å². The van der Waals surface area contributed by atoms with Gasteiger partial charge in [0.05, 0.1) is 17.9 Å². The van der Waals surface area contributed by atoms with Crippen LogP contribution in [0.4, 0.5) is 4.39 Å². The van der Waals surface area contributed by atoms with Crippen molar-refractivity contribution in [1.29, 1.82) is 0 Å². The van der Waals surface area contributed by atoms with Crippen LogP contribution < -0.4 is 4.74 Å². The first-order valence-corrected chi connectivity index (χ1v) is 5.55. The third-order valence-corrected chi connectivity index (χ3v) is 2.75. The summed E-state index contributed by atoms with van der Waals surface area (Å²) in [7, 11) is 0. The predicted octanol–water partition coefficient (Wildman–Crippen LogP) is 2.50. The van der Waals surface area contributed by atoms with E-state index in [9.17, 15) is 4.39 Å². The first-order chi connectivity index (χ1) is 8.61. The van der Waals surface area contributed by atoms with Crippen LogP contribution in [0.3, 0.4) is 0 Å². The summed E-state index contributed by atoms with van der Waals surface area (Å²) in [6.07, 6.45) is 0. The molecule has 4 nitrogen and oxygen atoms in total. The van der Waals surface area contributed by atoms with Crippen molar-refractivity contribution in [3.63, 3.8) is 0 Å². The number of hydrogen-bond donors (Lipinski definition) is 1. The van der Waals surface area contributed by atoms with Gasteiger partial charge >= 0.3 is 0 Å². The molecule has 96 valence electrons. The molecule has 0 saturated carbocycles. The van der Waals surface area contributed by atoms with E-state index in [4.69, 9.17) is 14.4 Å². The van der Waals surface area contributed by atoms with Crippen molar-refractivity contribution in [3.8, 4) is 5.75 Å². The highest BCUT2D eigenvalue weighted by atomic mass is 19.1. The molecular formula is C13H14FNO3. The third kappa shape index (κ3) is 2.51. The number of ether oxygens (including phenoxy) is 1. The maximum atomic E-state index is 13.0. The van der Waals surface area contributed by atoms with Crippen molar-refractivity contribution in [1.82, 2.24) is 5.16 Å². The van der Waals surface area contributed by atoms with E-state index in [1.807, 2.05) is 6.92 Å². The Balaban J connectivity index is 2.15. The van der Waals surface area contributed by atoms with Crippen LogP contribution in [-0.2, 0) is 13.2 Å². The van der Waals surface area contributed by atoms with Crippen molar-refractivity contribution in [3.05, 3.63) is 46.6 Å². The summed E-state index contributed by atoms with van der Waals surface area (Å²) in [4.78, 5) is 0. The van der Waals surface area contributed by atoms with Crippen molar-refractivity contribution >= 4 is 0 Å². The fraction of sp³-hybridized carbons (Fsp3) is 0.308. The molecule has 0 amide bonds. The van der Waals surface area contributed by atoms with Gasteiger partial charge in [-0.05, 0) is 32.0 Å². The molecule has 0 saturated heterocycles. The van der Waals surface area contributed by atoms with E-state index < -0.39 is 5.82 Å². The Hall–Kier alpha value is -1.88. The molecule has 2 aromatic rings. The molecule has 0 radical (unpaired) electrons. The number of nitrogens with zero attached hydrogens (tertiary/aromatic N) is 1. The van der Waals surface area contributed by atoms with Crippen molar-refractivity contribution in [2.75, 3.05) is 0 Å². The van der Waals surface area contributed by atoms with Crippen molar-refractivity contribution in [2.45, 2.75) is 27.1 Å². The Morgan fingerprint density at radius 1 is 1.39 bits per heavy atom. The van der Waals surface area contributed by atoms with Gasteiger partial charge in [-0.15, -0.1) is 0 Å². The molecule has 0 aliphatic heterocycles. The van der Waals surface area contributed by atoms with Gasteiger partial charge in [0.2, 0.25) is 0 Å². The molecular weight excluding hydrogens is 237 g/mol. The van der Waals surface area contributed by atoms with Gasteiger partial charge < -0.3 is 14.4 Å². The zero-order valence-electron chi connectivity index (χ0n) is 10.2. The largest absolute Gasteiger partial charge is 0.488 e. The molecule has 0 spiro atoms. The lowest BCUT2D eigenvalue weighted by Gasteiger charge is -2.09. The van der Waals surface area contributed by atoms with Crippen LogP contribution >= 0.6 is 0 Å². The van der Waals surface area contributed by atoms with E-state index in [0.29, 0.717) is 17.1 Å². The Morgan fingerprint density at radius 3 is 2.78 bits per heavy atom. The monoisotopic (exact) mass is 251 g/mol. The smallest absolute Gasteiger partial charge is 0.140 e. The van der Waals surface area contributed by atoms with E-state index in [1.165, 1.54) is 18.2 Å². The molecule has 0 atom stereocenters. The summed E-state index contributed by atoms with van der Waals surface area (Å²) in [5, 5.41) is 13.0. The lowest BCUT2D eigenvalue weighted by atomic mass is 10.2. The lowest BCUT2D eigenvalue weighted by Crippen LogP contribution is -2.01. The average Bonchev–Trinajstić information content (AvgIpc) is 2.68. The summed E-state index contributed by atoms with van der Waals surface area (Å²) in [5.74, 6) is 0.753. The molecule has 0 fully saturated rings. The van der Waals surface area contributed by atoms with Crippen LogP contribution in [0.1, 0.15) is 22.6 Å². The highest BCUT2D eigenvalue weighted by Crippen LogP contribution is 2.22. The summed E-state index contributed by atoms with van der Waals surface area (Å²) in [6, 6.07) is 4.05. The number of rotatable bonds is 4. The van der Waals surface area contributed by atoms with Crippen LogP contribution in [0.25, 0.3) is 0 Å². The van der Waals surface area contributed by atoms with Gasteiger partial charge in [-0.2, -0.15) is 0 Å². The number of hydrogen-bond acceptors (Lipinski definition) is 4. The number of aliphatic hydroxyl groups is 1. The molecule has 0 unspecified atom stereocenters. The standard InChI is InChI=1S/C13H14FNO3/c1-8-12(9(2)18-15-8)7-17-13-4-3-11(14)5-10(13)6-16/h3-5,16H,6-7H2,1-2H3. The zero-order chi connectivity index (χ0) is 13.1. The van der Waals surface area contributed by atoms with Crippen molar-refractivity contribution < 1.29 is 18.8 Å². The molecule has 0 aliphatic carbocycles. The van der Waals surface area contributed by atoms with E-state index in [-0.39, 0.29) is 13.2 Å². The fourth-order valence-electron chi connectivity index (χ4n) is 1.67. The van der Waals surface area contributed by atoms with Crippen LogP contribution in [0.5, 0.6) is 5.75 Å². The van der Waals surface area contributed by atoms with Crippen LogP contribution in [-0.4, -0.2) is 10.3 Å². The summed E-state index contributed by atoms with van der Waals surface area (Å²) in [5.41, 5.74) is 2.05. The topological polar surface area (TPSA) is 55.5 Å². The number of aromatic nitrogens is 1. The molecule has 0 bridgehead atoms. The zero-order valence-corrected chi connectivity index (χ0v) is 10.2. The van der Waals surface area contributed by atoms with Gasteiger partial charge in [0, 0.05) is 5.56 Å². The van der Waals surface area contributed by atoms with E-state index in [0.717, 1.165) is 11.3 Å². The maximum absolute atomic E-state index is 13.0. The molecule has 18 heavy (non-hydrogen) atoms. The molecule has 1 N–H and O–H groups in total. The number of halogens is 1. The Bertz CT molecular complexity index is 532. The molecule has 1 aromatic heterocycles. The van der Waals surface area contributed by atoms with E-state index in [1.54, 1.807) is 6.92 Å². The lowest BCUT2D eigenvalue weighted by molar-refractivity contribution is 0.257. The molecule has 5 heteroatoms. The minimum Gasteiger partial charge on any atom is -0.488 e. The predicted molar refractivity (Wildman–Crippen MR) is 62.6 cm³/mol. The highest BCUT2D eigenvalue weighted by Gasteiger charge is 2.11. The first-order valence-electron chi connectivity index (χ1n) is 5.55. The number of aryl methyl sites for hydroxylation is 2. The minimum atomic E-state index is -0.399. The second kappa shape index (κ2) is 5.18.